The van der Waals surface area contributed by atoms with Crippen LogP contribution >= 0.6 is 0 Å². The molecule has 1 saturated heterocycles. The van der Waals surface area contributed by atoms with E-state index >= 15 is 0 Å². The second kappa shape index (κ2) is 5.36. The summed E-state index contributed by atoms with van der Waals surface area (Å²) >= 11 is 0. The van der Waals surface area contributed by atoms with Gasteiger partial charge in [0.2, 0.25) is 11.5 Å². The van der Waals surface area contributed by atoms with Gasteiger partial charge in [-0.2, -0.15) is 0 Å². The number of benzene rings is 2. The predicted octanol–water partition coefficient (Wildman–Crippen LogP) is 3.11. The Hall–Kier alpha value is -2.38. The van der Waals surface area contributed by atoms with E-state index in [1.54, 1.807) is 0 Å². The van der Waals surface area contributed by atoms with E-state index in [0.717, 1.165) is 11.0 Å². The summed E-state index contributed by atoms with van der Waals surface area (Å²) in [6, 6.07) is 5.54. The lowest BCUT2D eigenvalue weighted by molar-refractivity contribution is 0.00578. The summed E-state index contributed by atoms with van der Waals surface area (Å²) in [5.41, 5.74) is 1.14. The number of hydrogen-bond donors (Lipinski definition) is 4. The SMILES string of the molecule is CC1(C)c2c(B3OC(C)(C)C(C)(C)O3)cccc2-c2c(O)c(O)c(O)c(O)c21. The average molecular weight is 384 g/mol. The zero-order valence-corrected chi connectivity index (χ0v) is 16.9. The lowest BCUT2D eigenvalue weighted by Gasteiger charge is -2.32. The molecule has 1 fully saturated rings. The van der Waals surface area contributed by atoms with E-state index in [2.05, 4.69) is 0 Å². The Kier molecular flexibility index (Phi) is 3.63. The van der Waals surface area contributed by atoms with Gasteiger partial charge >= 0.3 is 7.12 Å². The van der Waals surface area contributed by atoms with Crippen LogP contribution in [0, 0.1) is 0 Å². The zero-order valence-electron chi connectivity index (χ0n) is 16.9. The number of aromatic hydroxyl groups is 4. The highest BCUT2D eigenvalue weighted by atomic mass is 16.7. The van der Waals surface area contributed by atoms with E-state index in [1.165, 1.54) is 0 Å². The summed E-state index contributed by atoms with van der Waals surface area (Å²) in [6.45, 7) is 11.7. The van der Waals surface area contributed by atoms with Crippen LogP contribution in [0.2, 0.25) is 0 Å². The van der Waals surface area contributed by atoms with Gasteiger partial charge in [-0.05, 0) is 44.3 Å². The molecule has 0 atom stereocenters. The standard InChI is InChI=1S/C21H25BO6/c1-19(2)13-10(12-14(19)16(24)18(26)17(25)15(12)23)8-7-9-11(13)22-27-20(3,4)21(5,6)28-22/h7-9,23-26H,1-6H3. The molecule has 28 heavy (non-hydrogen) atoms. The van der Waals surface area contributed by atoms with Crippen LogP contribution in [0.4, 0.5) is 0 Å². The highest BCUT2D eigenvalue weighted by Crippen LogP contribution is 2.61. The van der Waals surface area contributed by atoms with E-state index in [1.807, 2.05) is 59.7 Å². The molecular weight excluding hydrogens is 359 g/mol. The fourth-order valence-electron chi connectivity index (χ4n) is 4.34. The Bertz CT molecular complexity index is 993. The number of phenolic OH excluding ortho intramolecular Hbond substituents is 4. The quantitative estimate of drug-likeness (QED) is 0.343. The lowest BCUT2D eigenvalue weighted by Crippen LogP contribution is -2.41. The second-order valence-corrected chi connectivity index (χ2v) is 9.13. The zero-order chi connectivity index (χ0) is 20.8. The maximum atomic E-state index is 10.6. The number of rotatable bonds is 1. The Morgan fingerprint density at radius 2 is 1.25 bits per heavy atom. The second-order valence-electron chi connectivity index (χ2n) is 9.13. The van der Waals surface area contributed by atoms with Crippen molar-refractivity contribution in [3.05, 3.63) is 29.3 Å². The molecule has 0 spiro atoms. The van der Waals surface area contributed by atoms with Crippen molar-refractivity contribution in [1.82, 2.24) is 0 Å². The molecule has 2 aromatic carbocycles. The first-order chi connectivity index (χ1) is 12.8. The fourth-order valence-corrected chi connectivity index (χ4v) is 4.34. The van der Waals surface area contributed by atoms with Crippen molar-refractivity contribution in [2.45, 2.75) is 58.2 Å². The molecule has 7 heteroatoms. The van der Waals surface area contributed by atoms with Gasteiger partial charge < -0.3 is 29.7 Å². The Morgan fingerprint density at radius 1 is 0.714 bits per heavy atom. The predicted molar refractivity (Wildman–Crippen MR) is 106 cm³/mol. The van der Waals surface area contributed by atoms with Crippen LogP contribution < -0.4 is 5.46 Å². The van der Waals surface area contributed by atoms with Crippen LogP contribution in [0.5, 0.6) is 23.0 Å². The molecule has 4 rings (SSSR count). The highest BCUT2D eigenvalue weighted by Gasteiger charge is 2.54. The van der Waals surface area contributed by atoms with Crippen molar-refractivity contribution >= 4 is 12.6 Å². The monoisotopic (exact) mass is 384 g/mol. The van der Waals surface area contributed by atoms with Crippen LogP contribution in [-0.2, 0) is 14.7 Å². The average Bonchev–Trinajstić information content (AvgIpc) is 2.97. The van der Waals surface area contributed by atoms with Gasteiger partial charge in [0.15, 0.2) is 11.5 Å². The van der Waals surface area contributed by atoms with E-state index in [0.29, 0.717) is 16.7 Å². The first-order valence-corrected chi connectivity index (χ1v) is 9.31. The van der Waals surface area contributed by atoms with Gasteiger partial charge in [-0.1, -0.05) is 32.0 Å². The molecule has 0 amide bonds. The van der Waals surface area contributed by atoms with Crippen LogP contribution in [0.1, 0.15) is 52.7 Å². The minimum atomic E-state index is -0.766. The third kappa shape index (κ3) is 2.17. The Balaban J connectivity index is 1.98. The number of phenols is 4. The van der Waals surface area contributed by atoms with E-state index in [9.17, 15) is 20.4 Å². The molecule has 0 bridgehead atoms. The molecule has 1 aliphatic carbocycles. The van der Waals surface area contributed by atoms with Gasteiger partial charge in [0.1, 0.15) is 0 Å². The van der Waals surface area contributed by atoms with Gasteiger partial charge in [0, 0.05) is 16.5 Å². The van der Waals surface area contributed by atoms with Gasteiger partial charge in [-0.25, -0.2) is 0 Å². The van der Waals surface area contributed by atoms with E-state index < -0.39 is 46.7 Å². The largest absolute Gasteiger partial charge is 0.504 e. The highest BCUT2D eigenvalue weighted by molar-refractivity contribution is 6.63. The minimum Gasteiger partial charge on any atom is -0.504 e. The third-order valence-corrected chi connectivity index (χ3v) is 6.52. The summed E-state index contributed by atoms with van der Waals surface area (Å²) in [7, 11) is -0.625. The van der Waals surface area contributed by atoms with Gasteiger partial charge in [0.25, 0.3) is 0 Å². The van der Waals surface area contributed by atoms with Crippen LogP contribution in [-0.4, -0.2) is 38.7 Å². The number of fused-ring (bicyclic) bond motifs is 3. The summed E-state index contributed by atoms with van der Waals surface area (Å²) in [5, 5.41) is 41.2. The molecular formula is C21H25BO6. The third-order valence-electron chi connectivity index (χ3n) is 6.52. The molecule has 148 valence electrons. The van der Waals surface area contributed by atoms with Crippen LogP contribution in [0.25, 0.3) is 11.1 Å². The van der Waals surface area contributed by atoms with E-state index in [4.69, 9.17) is 9.31 Å². The maximum absolute atomic E-state index is 10.6. The van der Waals surface area contributed by atoms with Crippen molar-refractivity contribution in [3.8, 4) is 34.1 Å². The first kappa shape index (κ1) is 19.0. The van der Waals surface area contributed by atoms with Crippen molar-refractivity contribution in [1.29, 1.82) is 0 Å². The molecule has 0 saturated carbocycles. The van der Waals surface area contributed by atoms with Crippen LogP contribution in [0.3, 0.4) is 0 Å². The summed E-state index contributed by atoms with van der Waals surface area (Å²) < 4.78 is 12.5. The molecule has 0 unspecified atom stereocenters. The summed E-state index contributed by atoms with van der Waals surface area (Å²) in [4.78, 5) is 0. The molecule has 4 N–H and O–H groups in total. The van der Waals surface area contributed by atoms with Crippen molar-refractivity contribution in [2.24, 2.45) is 0 Å². The molecule has 0 aromatic heterocycles. The first-order valence-electron chi connectivity index (χ1n) is 9.31. The maximum Gasteiger partial charge on any atom is 0.495 e. The molecule has 1 aliphatic heterocycles. The summed E-state index contributed by atoms with van der Waals surface area (Å²) in [5.74, 6) is -2.36. The topological polar surface area (TPSA) is 99.4 Å². The Labute approximate surface area is 164 Å². The van der Waals surface area contributed by atoms with Gasteiger partial charge in [-0.3, -0.25) is 0 Å². The van der Waals surface area contributed by atoms with Crippen LogP contribution in [0.15, 0.2) is 18.2 Å². The molecule has 2 aliphatic rings. The molecule has 6 nitrogen and oxygen atoms in total. The molecule has 1 heterocycles. The Morgan fingerprint density at radius 3 is 1.82 bits per heavy atom. The van der Waals surface area contributed by atoms with Gasteiger partial charge in [0.05, 0.1) is 11.2 Å². The van der Waals surface area contributed by atoms with Gasteiger partial charge in [-0.15, -0.1) is 0 Å². The van der Waals surface area contributed by atoms with Crippen molar-refractivity contribution < 1.29 is 29.7 Å². The number of hydrogen-bond acceptors (Lipinski definition) is 6. The lowest BCUT2D eigenvalue weighted by atomic mass is 9.68. The minimum absolute atomic E-state index is 0.311. The fraction of sp³-hybridized carbons (Fsp3) is 0.429. The van der Waals surface area contributed by atoms with Crippen molar-refractivity contribution in [3.63, 3.8) is 0 Å². The smallest absolute Gasteiger partial charge is 0.495 e. The molecule has 0 radical (unpaired) electrons. The van der Waals surface area contributed by atoms with Crippen molar-refractivity contribution in [2.75, 3.05) is 0 Å². The molecule has 2 aromatic rings. The normalized spacial score (nSPS) is 20.9. The van der Waals surface area contributed by atoms with E-state index in [-0.39, 0.29) is 0 Å². The summed E-state index contributed by atoms with van der Waals surface area (Å²) in [6.07, 6.45) is 0.